The topological polar surface area (TPSA) is 60.5 Å². The normalized spacial score (nSPS) is 12.0. The van der Waals surface area contributed by atoms with Crippen LogP contribution in [0.4, 0.5) is 17.1 Å². The third-order valence-electron chi connectivity index (χ3n) is 10.8. The van der Waals surface area contributed by atoms with Gasteiger partial charge in [0.2, 0.25) is 5.89 Å². The van der Waals surface area contributed by atoms with Gasteiger partial charge in [0.1, 0.15) is 27.8 Å². The van der Waals surface area contributed by atoms with Crippen molar-refractivity contribution < 1.29 is 13.3 Å². The number of hydrogen-bond donors (Lipinski definition) is 0. The zero-order valence-electron chi connectivity index (χ0n) is 29.3. The zero-order valence-corrected chi connectivity index (χ0v) is 29.3. The summed E-state index contributed by atoms with van der Waals surface area (Å²) in [7, 11) is 0. The van der Waals surface area contributed by atoms with Crippen molar-refractivity contribution in [1.29, 1.82) is 0 Å². The lowest BCUT2D eigenvalue weighted by atomic mass is 10.1. The second kappa shape index (κ2) is 11.5. The highest BCUT2D eigenvalue weighted by Crippen LogP contribution is 2.47. The van der Waals surface area contributed by atoms with Crippen LogP contribution in [0.2, 0.25) is 0 Å². The summed E-state index contributed by atoms with van der Waals surface area (Å²) in [5.74, 6) is 0.548. The van der Waals surface area contributed by atoms with E-state index in [1.54, 1.807) is 0 Å². The van der Waals surface area contributed by atoms with Crippen LogP contribution in [0.15, 0.2) is 189 Å². The molecular weight excluding hydrogens is 679 g/mol. The number of para-hydroxylation sites is 4. The summed E-state index contributed by atoms with van der Waals surface area (Å²) in [6.45, 7) is 0. The van der Waals surface area contributed by atoms with E-state index in [-0.39, 0.29) is 0 Å². The monoisotopic (exact) mass is 707 g/mol. The molecule has 0 atom stereocenters. The molecule has 0 aliphatic rings. The van der Waals surface area contributed by atoms with Gasteiger partial charge in [0, 0.05) is 55.6 Å². The lowest BCUT2D eigenvalue weighted by molar-refractivity contribution is 0.620. The van der Waals surface area contributed by atoms with Crippen molar-refractivity contribution in [2.24, 2.45) is 0 Å². The number of hydrogen-bond acceptors (Lipinski definition) is 5. The van der Waals surface area contributed by atoms with E-state index < -0.39 is 0 Å². The molecule has 12 rings (SSSR count). The predicted molar refractivity (Wildman–Crippen MR) is 223 cm³/mol. The summed E-state index contributed by atoms with van der Waals surface area (Å²) in [5, 5.41) is 6.32. The maximum absolute atomic E-state index is 6.88. The van der Waals surface area contributed by atoms with Gasteiger partial charge in [0.05, 0.1) is 22.1 Å². The van der Waals surface area contributed by atoms with Crippen molar-refractivity contribution in [3.05, 3.63) is 176 Å². The highest BCUT2D eigenvalue weighted by atomic mass is 16.4. The van der Waals surface area contributed by atoms with Gasteiger partial charge in [-0.05, 0) is 78.9 Å². The molecule has 0 aliphatic heterocycles. The van der Waals surface area contributed by atoms with Gasteiger partial charge in [-0.25, -0.2) is 4.98 Å². The van der Waals surface area contributed by atoms with Crippen LogP contribution in [0, 0.1) is 0 Å². The Morgan fingerprint density at radius 3 is 1.85 bits per heavy atom. The van der Waals surface area contributed by atoms with Crippen molar-refractivity contribution in [2.45, 2.75) is 0 Å². The average Bonchev–Trinajstić information content (AvgIpc) is 4.02. The molecule has 0 radical (unpaired) electrons. The van der Waals surface area contributed by atoms with Gasteiger partial charge in [-0.2, -0.15) is 0 Å². The Labute approximate surface area is 313 Å². The van der Waals surface area contributed by atoms with Gasteiger partial charge < -0.3 is 22.7 Å². The maximum Gasteiger partial charge on any atom is 0.227 e. The molecule has 55 heavy (non-hydrogen) atoms. The summed E-state index contributed by atoms with van der Waals surface area (Å²) in [6.07, 6.45) is 0. The third kappa shape index (κ3) is 4.46. The van der Waals surface area contributed by atoms with Crippen LogP contribution in [0.1, 0.15) is 0 Å². The molecule has 6 nitrogen and oxygen atoms in total. The minimum Gasteiger partial charge on any atom is -0.456 e. The molecule has 258 valence electrons. The molecule has 4 heterocycles. The fraction of sp³-hybridized carbons (Fsp3) is 0. The Morgan fingerprint density at radius 2 is 1.04 bits per heavy atom. The van der Waals surface area contributed by atoms with Crippen molar-refractivity contribution in [2.75, 3.05) is 4.90 Å². The molecule has 0 bridgehead atoms. The first-order valence-corrected chi connectivity index (χ1v) is 18.4. The Hall–Kier alpha value is -7.57. The average molecular weight is 708 g/mol. The summed E-state index contributed by atoms with van der Waals surface area (Å²) in [5.41, 5.74) is 11.6. The first-order chi connectivity index (χ1) is 27.3. The molecule has 4 aromatic heterocycles. The van der Waals surface area contributed by atoms with Crippen LogP contribution >= 0.6 is 0 Å². The number of aromatic nitrogens is 2. The first kappa shape index (κ1) is 29.9. The number of rotatable bonds is 5. The van der Waals surface area contributed by atoms with E-state index in [0.29, 0.717) is 11.5 Å². The predicted octanol–water partition coefficient (Wildman–Crippen LogP) is 13.9. The lowest BCUT2D eigenvalue weighted by Crippen LogP contribution is -2.10. The van der Waals surface area contributed by atoms with E-state index >= 15 is 0 Å². The van der Waals surface area contributed by atoms with E-state index in [1.807, 2.05) is 60.7 Å². The Morgan fingerprint density at radius 1 is 0.436 bits per heavy atom. The lowest BCUT2D eigenvalue weighted by Gasteiger charge is -2.25. The highest BCUT2D eigenvalue weighted by molar-refractivity contribution is 6.21. The van der Waals surface area contributed by atoms with Gasteiger partial charge in [-0.1, -0.05) is 91.0 Å². The van der Waals surface area contributed by atoms with E-state index in [0.717, 1.165) is 94.1 Å². The van der Waals surface area contributed by atoms with Crippen LogP contribution in [0.25, 0.3) is 93.9 Å². The number of anilines is 3. The minimum atomic E-state index is 0.548. The van der Waals surface area contributed by atoms with Crippen LogP contribution in [-0.2, 0) is 0 Å². The van der Waals surface area contributed by atoms with Gasteiger partial charge in [0.25, 0.3) is 0 Å². The largest absolute Gasteiger partial charge is 0.456 e. The maximum atomic E-state index is 6.88. The number of nitrogens with zero attached hydrogens (tertiary/aromatic N) is 3. The standard InChI is InChI=1S/C49H29N3O3/c1-3-13-30(14-4-1)49-50-47-46-36-19-9-12-22-43(36)54-45(46)29-41(48(47)55-49)51(33-24-26-44-38(28-33)35-18-8-11-21-42(35)53-44)32-23-25-40-37(27-32)34-17-7-10-20-39(34)52(40)31-15-5-2-6-16-31/h1-29H. The number of benzene rings is 8. The third-order valence-corrected chi connectivity index (χ3v) is 10.8. The van der Waals surface area contributed by atoms with Gasteiger partial charge in [0.15, 0.2) is 5.58 Å². The molecule has 0 fully saturated rings. The molecule has 0 spiro atoms. The highest BCUT2D eigenvalue weighted by Gasteiger charge is 2.26. The second-order valence-corrected chi connectivity index (χ2v) is 13.9. The number of fused-ring (bicyclic) bond motifs is 11. The zero-order chi connectivity index (χ0) is 36.0. The molecule has 0 saturated heterocycles. The van der Waals surface area contributed by atoms with Crippen LogP contribution < -0.4 is 4.90 Å². The summed E-state index contributed by atoms with van der Waals surface area (Å²) in [6, 6.07) is 60.7. The Kier molecular flexibility index (Phi) is 6.24. The SMILES string of the molecule is c1ccc(-c2nc3c(o2)c(N(c2ccc4oc5ccccc5c4c2)c2ccc4c(c2)c2ccccc2n4-c2ccccc2)cc2oc4ccccc4c23)cc1. The van der Waals surface area contributed by atoms with E-state index in [2.05, 4.69) is 125 Å². The summed E-state index contributed by atoms with van der Waals surface area (Å²) >= 11 is 0. The molecular formula is C49H29N3O3. The molecule has 8 aromatic carbocycles. The molecule has 0 unspecified atom stereocenters. The molecule has 6 heteroatoms. The fourth-order valence-electron chi connectivity index (χ4n) is 8.37. The van der Waals surface area contributed by atoms with Crippen LogP contribution in [-0.4, -0.2) is 9.55 Å². The van der Waals surface area contributed by atoms with Crippen molar-refractivity contribution in [1.82, 2.24) is 9.55 Å². The number of furan rings is 2. The van der Waals surface area contributed by atoms with Gasteiger partial charge >= 0.3 is 0 Å². The van der Waals surface area contributed by atoms with Gasteiger partial charge in [-0.15, -0.1) is 0 Å². The fourth-order valence-corrected chi connectivity index (χ4v) is 8.37. The van der Waals surface area contributed by atoms with Crippen molar-refractivity contribution in [3.63, 3.8) is 0 Å². The van der Waals surface area contributed by atoms with Crippen LogP contribution in [0.3, 0.4) is 0 Å². The Bertz CT molecular complexity index is 3440. The van der Waals surface area contributed by atoms with Crippen molar-refractivity contribution in [3.8, 4) is 17.1 Å². The minimum absolute atomic E-state index is 0.548. The second-order valence-electron chi connectivity index (χ2n) is 13.9. The molecule has 12 aromatic rings. The van der Waals surface area contributed by atoms with E-state index in [9.17, 15) is 0 Å². The van der Waals surface area contributed by atoms with E-state index in [1.165, 1.54) is 5.39 Å². The number of oxazole rings is 1. The summed E-state index contributed by atoms with van der Waals surface area (Å²) < 4.78 is 22.1. The molecule has 0 aliphatic carbocycles. The summed E-state index contributed by atoms with van der Waals surface area (Å²) in [4.78, 5) is 7.47. The Balaban J connectivity index is 1.19. The van der Waals surface area contributed by atoms with Crippen molar-refractivity contribution >= 4 is 93.8 Å². The molecule has 0 N–H and O–H groups in total. The molecule has 0 amide bonds. The van der Waals surface area contributed by atoms with E-state index in [4.69, 9.17) is 18.2 Å². The quantitative estimate of drug-likeness (QED) is 0.178. The smallest absolute Gasteiger partial charge is 0.227 e. The van der Waals surface area contributed by atoms with Crippen LogP contribution in [0.5, 0.6) is 0 Å². The van der Waals surface area contributed by atoms with Gasteiger partial charge in [-0.3, -0.25) is 0 Å². The first-order valence-electron chi connectivity index (χ1n) is 18.4. The molecule has 0 saturated carbocycles.